The number of hydrogen-bond donors (Lipinski definition) is 0. The summed E-state index contributed by atoms with van der Waals surface area (Å²) in [5.74, 6) is 1.15. The Morgan fingerprint density at radius 2 is 1.27 bits per heavy atom. The summed E-state index contributed by atoms with van der Waals surface area (Å²) in [6.07, 6.45) is 10.9. The molecule has 4 heteroatoms. The fraction of sp³-hybridized carbons (Fsp3) is 0.385. The van der Waals surface area contributed by atoms with Crippen molar-refractivity contribution < 1.29 is 57.7 Å². The van der Waals surface area contributed by atoms with Crippen molar-refractivity contribution in [2.45, 2.75) is 56.6 Å². The monoisotopic (exact) mass is 494 g/mol. The molecule has 0 spiro atoms. The summed E-state index contributed by atoms with van der Waals surface area (Å²) in [5.41, 5.74) is 10.1. The minimum absolute atomic E-state index is 0. The molecule has 1 fully saturated rings. The molecule has 0 radical (unpaired) electrons. The maximum atomic E-state index is 2.53. The summed E-state index contributed by atoms with van der Waals surface area (Å²) in [6.45, 7) is 8.93. The van der Waals surface area contributed by atoms with E-state index in [1.165, 1.54) is 52.6 Å². The molecule has 0 N–H and O–H groups in total. The normalized spacial score (nSPS) is 21.8. The number of fused-ring (bicyclic) bond motifs is 1. The molecule has 0 heterocycles. The molecule has 0 nitrogen and oxygen atoms in total. The standard InChI is InChI=1S/C26H29.3ClH.Ti/c1-17-11-18(2)14-22(13-17)26(23-15-19(3)12-20(4)16-23)25-10-9-21-7-5-6-8-24(21)25;;;;/h5-6,8,11-16,21,26H,7,9-10H2,1-4H3;3*1H;/q;;;;+3/p-3. The van der Waals surface area contributed by atoms with Crippen molar-refractivity contribution in [2.75, 3.05) is 0 Å². The molecule has 2 aliphatic rings. The predicted octanol–water partition coefficient (Wildman–Crippen LogP) is -1.93. The Kier molecular flexibility index (Phi) is 9.99. The molecule has 2 aliphatic carbocycles. The van der Waals surface area contributed by atoms with E-state index in [4.69, 9.17) is 0 Å². The molecule has 2 unspecified atom stereocenters. The fourth-order valence-electron chi connectivity index (χ4n) is 5.44. The average Bonchev–Trinajstić information content (AvgIpc) is 2.91. The van der Waals surface area contributed by atoms with Crippen LogP contribution in [0.25, 0.3) is 0 Å². The number of aryl methyl sites for hydroxylation is 4. The van der Waals surface area contributed by atoms with E-state index in [1.54, 1.807) is 5.57 Å². The van der Waals surface area contributed by atoms with E-state index in [2.05, 4.69) is 103 Å². The van der Waals surface area contributed by atoms with Crippen LogP contribution in [-0.4, -0.2) is 0 Å². The van der Waals surface area contributed by atoms with Gasteiger partial charge in [0.2, 0.25) is 0 Å². The van der Waals surface area contributed by atoms with Crippen molar-refractivity contribution >= 4 is 0 Å². The van der Waals surface area contributed by atoms with Gasteiger partial charge in [0.25, 0.3) is 0 Å². The minimum atomic E-state index is 0. The third-order valence-electron chi connectivity index (χ3n) is 6.32. The van der Waals surface area contributed by atoms with Gasteiger partial charge in [-0.25, -0.2) is 0 Å². The van der Waals surface area contributed by atoms with E-state index >= 15 is 0 Å². The second-order valence-electron chi connectivity index (χ2n) is 8.77. The van der Waals surface area contributed by atoms with Gasteiger partial charge in [0, 0.05) is 0 Å². The van der Waals surface area contributed by atoms with E-state index in [-0.39, 0.29) is 40.9 Å². The number of benzene rings is 2. The molecule has 0 aromatic heterocycles. The zero-order valence-corrected chi connectivity index (χ0v) is 21.9. The van der Waals surface area contributed by atoms with Crippen molar-refractivity contribution in [1.29, 1.82) is 0 Å². The summed E-state index contributed by atoms with van der Waals surface area (Å²) < 4.78 is 0.190. The Morgan fingerprint density at radius 3 is 1.73 bits per heavy atom. The Bertz CT molecular complexity index is 855. The predicted molar refractivity (Wildman–Crippen MR) is 111 cm³/mol. The molecule has 30 heavy (non-hydrogen) atoms. The van der Waals surface area contributed by atoms with E-state index in [0.29, 0.717) is 5.92 Å². The molecule has 1 saturated carbocycles. The van der Waals surface area contributed by atoms with E-state index in [9.17, 15) is 0 Å². The van der Waals surface area contributed by atoms with Gasteiger partial charge in [0.1, 0.15) is 0 Å². The van der Waals surface area contributed by atoms with Crippen molar-refractivity contribution in [3.8, 4) is 0 Å². The van der Waals surface area contributed by atoms with Crippen molar-refractivity contribution in [2.24, 2.45) is 5.92 Å². The molecule has 0 amide bonds. The van der Waals surface area contributed by atoms with Crippen LogP contribution >= 0.6 is 0 Å². The van der Waals surface area contributed by atoms with Crippen molar-refractivity contribution in [3.63, 3.8) is 0 Å². The Morgan fingerprint density at radius 1 is 0.800 bits per heavy atom. The van der Waals surface area contributed by atoms with Gasteiger partial charge in [-0.1, -0.05) is 0 Å². The Balaban J connectivity index is 0.00000150. The number of halogens is 3. The molecule has 4 rings (SSSR count). The van der Waals surface area contributed by atoms with Crippen LogP contribution in [0, 0.1) is 33.6 Å². The Labute approximate surface area is 212 Å². The van der Waals surface area contributed by atoms with E-state index < -0.39 is 0 Å². The van der Waals surface area contributed by atoms with Gasteiger partial charge in [0.05, 0.1) is 0 Å². The van der Waals surface area contributed by atoms with Crippen LogP contribution in [0.1, 0.15) is 58.6 Å². The van der Waals surface area contributed by atoms with Crippen LogP contribution in [-0.2, 0) is 20.4 Å². The quantitative estimate of drug-likeness (QED) is 0.435. The van der Waals surface area contributed by atoms with Crippen LogP contribution in [0.3, 0.4) is 0 Å². The van der Waals surface area contributed by atoms with Crippen LogP contribution in [0.4, 0.5) is 0 Å². The summed E-state index contributed by atoms with van der Waals surface area (Å²) in [4.78, 5) is 0. The smallest absolute Gasteiger partial charge is 1.00 e. The summed E-state index contributed by atoms with van der Waals surface area (Å²) in [6, 6.07) is 14.3. The number of hydrogen-bond acceptors (Lipinski definition) is 0. The second-order valence-corrected chi connectivity index (χ2v) is 10.2. The molecule has 2 aromatic carbocycles. The van der Waals surface area contributed by atoms with Gasteiger partial charge in [0.15, 0.2) is 0 Å². The zero-order valence-electron chi connectivity index (χ0n) is 18.1. The average molecular weight is 496 g/mol. The maximum Gasteiger partial charge on any atom is -1.00 e. The van der Waals surface area contributed by atoms with Gasteiger partial charge < -0.3 is 37.2 Å². The van der Waals surface area contributed by atoms with Gasteiger partial charge >= 0.3 is 177 Å². The van der Waals surface area contributed by atoms with Gasteiger partial charge in [-0.2, -0.15) is 0 Å². The third-order valence-corrected chi connectivity index (χ3v) is 7.61. The molecular weight excluding hydrogens is 467 g/mol. The molecule has 2 aromatic rings. The Hall–Kier alpha value is -0.496. The van der Waals surface area contributed by atoms with Crippen LogP contribution in [0.5, 0.6) is 0 Å². The molecule has 0 aliphatic heterocycles. The van der Waals surface area contributed by atoms with Gasteiger partial charge in [-0.15, -0.1) is 0 Å². The van der Waals surface area contributed by atoms with Gasteiger partial charge in [-0.05, 0) is 0 Å². The van der Waals surface area contributed by atoms with Crippen LogP contribution in [0.15, 0.2) is 60.2 Å². The van der Waals surface area contributed by atoms with E-state index in [0.717, 1.165) is 5.92 Å². The van der Waals surface area contributed by atoms with Gasteiger partial charge in [-0.3, -0.25) is 0 Å². The first-order valence-electron chi connectivity index (χ1n) is 10.2. The summed E-state index contributed by atoms with van der Waals surface area (Å²) >= 11 is 2.53. The minimum Gasteiger partial charge on any atom is -1.00 e. The first-order chi connectivity index (χ1) is 12.9. The van der Waals surface area contributed by atoms with Crippen molar-refractivity contribution in [3.05, 3.63) is 93.6 Å². The second kappa shape index (κ2) is 10.9. The zero-order chi connectivity index (χ0) is 19.2. The summed E-state index contributed by atoms with van der Waals surface area (Å²) in [7, 11) is 0. The first kappa shape index (κ1) is 27.5. The molecule has 158 valence electrons. The molecule has 0 saturated heterocycles. The fourth-order valence-corrected chi connectivity index (χ4v) is 6.63. The number of rotatable bonds is 3. The van der Waals surface area contributed by atoms with Crippen LogP contribution in [0.2, 0.25) is 3.72 Å². The first-order valence-corrected chi connectivity index (χ1v) is 10.9. The topological polar surface area (TPSA) is 0 Å². The third kappa shape index (κ3) is 5.28. The van der Waals surface area contributed by atoms with E-state index in [1.807, 2.05) is 0 Å². The maximum absolute atomic E-state index is 2.53. The largest absolute Gasteiger partial charge is 1.00 e. The molecule has 0 bridgehead atoms. The SMILES string of the molecule is Cc1cc(C)cc(C(c2cc(C)cc(C)c2)[C]2([Ti+3])CCC3CC=CC=C32)c1.[Cl-].[Cl-].[Cl-]. The van der Waals surface area contributed by atoms with Crippen LogP contribution < -0.4 is 37.2 Å². The molecular formula is C26H29Cl3Ti. The van der Waals surface area contributed by atoms with Crippen molar-refractivity contribution in [1.82, 2.24) is 0 Å². The number of allylic oxidation sites excluding steroid dienone is 4. The summed E-state index contributed by atoms with van der Waals surface area (Å²) in [5, 5.41) is 0. The molecule has 2 atom stereocenters.